The van der Waals surface area contributed by atoms with E-state index in [2.05, 4.69) is 229 Å². The van der Waals surface area contributed by atoms with Crippen LogP contribution in [-0.4, -0.2) is 39.6 Å². The molecule has 13 rings (SSSR count). The molecule has 0 saturated carbocycles. The van der Waals surface area contributed by atoms with Crippen LogP contribution in [0.15, 0.2) is 146 Å². The standard InChI is InChI=1S/C93H108O6/c1-13-25-49-94-79-58-70-71(59-80(79)95-50-26-14-2)86-83(62-44-47-68-65-38-32-35-41-74(65)92(21-9,22-10)77(68)56-62)89(98-53-29-17-5)90(99-54-30-18-6)84(63-45-48-69-66-39-33-36-42-75(66)93(23-11,24-12)78(69)57-63)87(86)72-60-81(96-51-27-15-3)88(97-52-28-16-4)82(85(70)72)61-43-46-67-64-37-31-34-40-73(64)91(19-7,20-8)76(67)55-61/h31-48,55-60H,13-30,49-54H2,1-12H3. The van der Waals surface area contributed by atoms with Crippen LogP contribution in [0.2, 0.25) is 0 Å². The summed E-state index contributed by atoms with van der Waals surface area (Å²) in [6, 6.07) is 56.8. The molecule has 99 heavy (non-hydrogen) atoms. The number of fused-ring (bicyclic) bond motifs is 15. The number of benzene rings is 10. The lowest BCUT2D eigenvalue weighted by Gasteiger charge is -2.31. The molecular formula is C93H108O6. The largest absolute Gasteiger partial charge is 0.490 e. The molecule has 10 aromatic carbocycles. The number of unbranched alkanes of at least 4 members (excludes halogenated alkanes) is 6. The summed E-state index contributed by atoms with van der Waals surface area (Å²) in [6.45, 7) is 31.0. The topological polar surface area (TPSA) is 55.4 Å². The van der Waals surface area contributed by atoms with E-state index in [1.54, 1.807) is 0 Å². The molecule has 10 aromatic rings. The van der Waals surface area contributed by atoms with E-state index in [-0.39, 0.29) is 16.2 Å². The minimum atomic E-state index is -0.209. The lowest BCUT2D eigenvalue weighted by Crippen LogP contribution is -2.23. The normalized spacial score (nSPS) is 14.1. The number of rotatable bonds is 33. The third kappa shape index (κ3) is 11.6. The Kier molecular flexibility index (Phi) is 20.9. The smallest absolute Gasteiger partial charge is 0.170 e. The van der Waals surface area contributed by atoms with Crippen molar-refractivity contribution >= 4 is 32.3 Å². The molecule has 0 aromatic heterocycles. The fourth-order valence-electron chi connectivity index (χ4n) is 17.7. The van der Waals surface area contributed by atoms with Gasteiger partial charge in [-0.2, -0.15) is 0 Å². The van der Waals surface area contributed by atoms with Crippen molar-refractivity contribution in [3.63, 3.8) is 0 Å². The van der Waals surface area contributed by atoms with Gasteiger partial charge in [0.1, 0.15) is 0 Å². The van der Waals surface area contributed by atoms with Gasteiger partial charge >= 0.3 is 0 Å². The minimum Gasteiger partial charge on any atom is -0.490 e. The second kappa shape index (κ2) is 29.9. The fraction of sp³-hybridized carbons (Fsp3) is 0.419. The summed E-state index contributed by atoms with van der Waals surface area (Å²) >= 11 is 0. The second-order valence-electron chi connectivity index (χ2n) is 28.5. The van der Waals surface area contributed by atoms with E-state index in [0.717, 1.165) is 216 Å². The molecule has 0 bridgehead atoms. The van der Waals surface area contributed by atoms with Gasteiger partial charge in [0, 0.05) is 49.1 Å². The van der Waals surface area contributed by atoms with Gasteiger partial charge < -0.3 is 28.4 Å². The quantitative estimate of drug-likeness (QED) is 0.0302. The second-order valence-corrected chi connectivity index (χ2v) is 28.5. The van der Waals surface area contributed by atoms with Crippen LogP contribution >= 0.6 is 0 Å². The van der Waals surface area contributed by atoms with E-state index >= 15 is 0 Å². The van der Waals surface area contributed by atoms with Crippen LogP contribution < -0.4 is 28.4 Å². The molecule has 3 aliphatic rings. The Labute approximate surface area is 592 Å². The first-order valence-corrected chi connectivity index (χ1v) is 38.7. The first-order valence-electron chi connectivity index (χ1n) is 38.7. The van der Waals surface area contributed by atoms with Crippen molar-refractivity contribution in [2.45, 2.75) is 215 Å². The van der Waals surface area contributed by atoms with Gasteiger partial charge in [0.2, 0.25) is 0 Å². The first-order chi connectivity index (χ1) is 48.6. The molecule has 0 fully saturated rings. The zero-order valence-electron chi connectivity index (χ0n) is 61.8. The highest BCUT2D eigenvalue weighted by atomic mass is 16.5. The van der Waals surface area contributed by atoms with Crippen LogP contribution in [0.25, 0.3) is 99.1 Å². The highest BCUT2D eigenvalue weighted by molar-refractivity contribution is 6.36. The Morgan fingerprint density at radius 3 is 0.859 bits per heavy atom. The number of hydrogen-bond acceptors (Lipinski definition) is 6. The molecule has 0 unspecified atom stereocenters. The van der Waals surface area contributed by atoms with E-state index in [0.29, 0.717) is 39.6 Å². The molecule has 0 atom stereocenters. The lowest BCUT2D eigenvalue weighted by atomic mass is 9.72. The maximum absolute atomic E-state index is 7.82. The summed E-state index contributed by atoms with van der Waals surface area (Å²) in [7, 11) is 0. The summed E-state index contributed by atoms with van der Waals surface area (Å²) < 4.78 is 44.9. The monoisotopic (exact) mass is 1320 g/mol. The third-order valence-electron chi connectivity index (χ3n) is 23.3. The molecule has 0 aliphatic heterocycles. The lowest BCUT2D eigenvalue weighted by molar-refractivity contribution is 0.262. The molecule has 0 N–H and O–H groups in total. The van der Waals surface area contributed by atoms with Crippen molar-refractivity contribution in [2.75, 3.05) is 39.6 Å². The Hall–Kier alpha value is -8.22. The van der Waals surface area contributed by atoms with Gasteiger partial charge in [-0.15, -0.1) is 0 Å². The highest BCUT2D eigenvalue weighted by Crippen LogP contribution is 2.63. The van der Waals surface area contributed by atoms with Gasteiger partial charge in [0.25, 0.3) is 0 Å². The zero-order chi connectivity index (χ0) is 69.0. The van der Waals surface area contributed by atoms with Crippen molar-refractivity contribution in [2.24, 2.45) is 0 Å². The van der Waals surface area contributed by atoms with Crippen LogP contribution in [0.4, 0.5) is 0 Å². The molecule has 3 aliphatic carbocycles. The van der Waals surface area contributed by atoms with Gasteiger partial charge in [0.05, 0.1) is 39.6 Å². The molecule has 0 heterocycles. The molecule has 6 nitrogen and oxygen atoms in total. The van der Waals surface area contributed by atoms with E-state index in [1.165, 1.54) is 66.8 Å². The summed E-state index contributed by atoms with van der Waals surface area (Å²) in [5.41, 5.74) is 22.0. The van der Waals surface area contributed by atoms with Crippen LogP contribution in [0.5, 0.6) is 34.5 Å². The van der Waals surface area contributed by atoms with E-state index in [4.69, 9.17) is 28.4 Å². The van der Waals surface area contributed by atoms with Crippen molar-refractivity contribution in [3.8, 4) is 101 Å². The predicted molar refractivity (Wildman–Crippen MR) is 418 cm³/mol. The van der Waals surface area contributed by atoms with E-state index < -0.39 is 0 Å². The van der Waals surface area contributed by atoms with Crippen molar-refractivity contribution < 1.29 is 28.4 Å². The summed E-state index contributed by atoms with van der Waals surface area (Å²) in [5, 5.41) is 6.42. The van der Waals surface area contributed by atoms with Gasteiger partial charge in [-0.05, 0) is 213 Å². The maximum atomic E-state index is 7.82. The molecular weight excluding hydrogens is 1210 g/mol. The average Bonchev–Trinajstić information content (AvgIpc) is 1.35. The highest BCUT2D eigenvalue weighted by Gasteiger charge is 2.45. The third-order valence-corrected chi connectivity index (χ3v) is 23.3. The first kappa shape index (κ1) is 69.3. The van der Waals surface area contributed by atoms with Crippen molar-refractivity contribution in [1.82, 2.24) is 0 Å². The Balaban J connectivity index is 1.31. The Morgan fingerprint density at radius 1 is 0.242 bits per heavy atom. The van der Waals surface area contributed by atoms with Crippen LogP contribution in [0.1, 0.15) is 232 Å². The molecule has 0 amide bonds. The van der Waals surface area contributed by atoms with E-state index in [9.17, 15) is 0 Å². The molecule has 0 radical (unpaired) electrons. The summed E-state index contributed by atoms with van der Waals surface area (Å²) in [5.74, 6) is 4.58. The number of ether oxygens (including phenoxy) is 6. The fourth-order valence-corrected chi connectivity index (χ4v) is 17.7. The minimum absolute atomic E-state index is 0.194. The zero-order valence-corrected chi connectivity index (χ0v) is 61.8. The molecule has 0 spiro atoms. The predicted octanol–water partition coefficient (Wildman–Crippen LogP) is 26.5. The average molecular weight is 1320 g/mol. The van der Waals surface area contributed by atoms with E-state index in [1.807, 2.05) is 0 Å². The van der Waals surface area contributed by atoms with Gasteiger partial charge in [0.15, 0.2) is 34.5 Å². The Bertz CT molecular complexity index is 4570. The van der Waals surface area contributed by atoms with Crippen molar-refractivity contribution in [3.05, 3.63) is 179 Å². The van der Waals surface area contributed by atoms with Crippen molar-refractivity contribution in [1.29, 1.82) is 0 Å². The summed E-state index contributed by atoms with van der Waals surface area (Å²) in [6.07, 6.45) is 17.1. The maximum Gasteiger partial charge on any atom is 0.170 e. The molecule has 6 heteroatoms. The molecule has 516 valence electrons. The van der Waals surface area contributed by atoms with Gasteiger partial charge in [-0.3, -0.25) is 0 Å². The van der Waals surface area contributed by atoms with Crippen LogP contribution in [0, 0.1) is 0 Å². The van der Waals surface area contributed by atoms with Gasteiger partial charge in [-0.1, -0.05) is 231 Å². The number of hydrogen-bond donors (Lipinski definition) is 0. The van der Waals surface area contributed by atoms with Crippen LogP contribution in [-0.2, 0) is 16.2 Å². The molecule has 0 saturated heterocycles. The summed E-state index contributed by atoms with van der Waals surface area (Å²) in [4.78, 5) is 0. The van der Waals surface area contributed by atoms with Gasteiger partial charge in [-0.25, -0.2) is 0 Å². The SMILES string of the molecule is CCCCOc1cc2c(cc1OCCCC)c1c(-c3ccc4c(c3)C(CC)(CC)c3ccccc3-4)c(OCCCC)c(OCCCC)c(-c3ccc4c(c3)C(CC)(CC)c3ccccc3-4)c1c1cc(OCCCC)c(OCCCC)c(-c3ccc4c(c3)C(CC)(CC)c3ccccc3-4)c21. The Morgan fingerprint density at radius 2 is 0.515 bits per heavy atom. The van der Waals surface area contributed by atoms with Crippen LogP contribution in [0.3, 0.4) is 0 Å².